The molecule has 0 saturated heterocycles. The maximum atomic E-state index is 12.5. The van der Waals surface area contributed by atoms with Crippen molar-refractivity contribution in [2.75, 3.05) is 0 Å². The highest BCUT2D eigenvalue weighted by Gasteiger charge is 2.39. The van der Waals surface area contributed by atoms with Crippen LogP contribution in [0.5, 0.6) is 0 Å². The van der Waals surface area contributed by atoms with Gasteiger partial charge in [0.2, 0.25) is 0 Å². The van der Waals surface area contributed by atoms with Crippen LogP contribution in [0.2, 0.25) is 0 Å². The fourth-order valence-electron chi connectivity index (χ4n) is 2.93. The summed E-state index contributed by atoms with van der Waals surface area (Å²) in [5.41, 5.74) is 1.36. The van der Waals surface area contributed by atoms with Gasteiger partial charge in [0.05, 0.1) is 12.1 Å². The second-order valence-electron chi connectivity index (χ2n) is 7.45. The van der Waals surface area contributed by atoms with E-state index in [9.17, 15) is 4.79 Å². The molecule has 1 heterocycles. The van der Waals surface area contributed by atoms with Gasteiger partial charge in [-0.2, -0.15) is 0 Å². The summed E-state index contributed by atoms with van der Waals surface area (Å²) in [6, 6.07) is 0. The molecule has 0 amide bonds. The first-order chi connectivity index (χ1) is 8.70. The van der Waals surface area contributed by atoms with Gasteiger partial charge in [-0.15, -0.1) is 11.3 Å². The molecule has 2 nitrogen and oxygen atoms in total. The Labute approximate surface area is 120 Å². The van der Waals surface area contributed by atoms with Gasteiger partial charge in [0.25, 0.3) is 0 Å². The van der Waals surface area contributed by atoms with Gasteiger partial charge in [0.15, 0.2) is 0 Å². The summed E-state index contributed by atoms with van der Waals surface area (Å²) < 4.78 is 0. The smallest absolute Gasteiger partial charge is 0.143 e. The Bertz CT molecular complexity index is 467. The van der Waals surface area contributed by atoms with Crippen LogP contribution in [-0.2, 0) is 16.6 Å². The molecule has 0 bridgehead atoms. The van der Waals surface area contributed by atoms with Crippen LogP contribution in [0.4, 0.5) is 0 Å². The van der Waals surface area contributed by atoms with Crippen LogP contribution >= 0.6 is 11.3 Å². The van der Waals surface area contributed by atoms with Crippen LogP contribution < -0.4 is 0 Å². The largest absolute Gasteiger partial charge is 0.299 e. The second kappa shape index (κ2) is 5.01. The quantitative estimate of drug-likeness (QED) is 0.822. The van der Waals surface area contributed by atoms with E-state index in [1.54, 1.807) is 11.3 Å². The van der Waals surface area contributed by atoms with Gasteiger partial charge < -0.3 is 0 Å². The Morgan fingerprint density at radius 2 is 2.16 bits per heavy atom. The first kappa shape index (κ1) is 14.7. The Morgan fingerprint density at radius 3 is 2.63 bits per heavy atom. The predicted octanol–water partition coefficient (Wildman–Crippen LogP) is 4.38. The number of rotatable bonds is 3. The molecule has 0 radical (unpaired) electrons. The number of Topliss-reactive ketones (excluding diaryl/α,β-unsaturated/α-hetero) is 1. The van der Waals surface area contributed by atoms with E-state index in [-0.39, 0.29) is 16.7 Å². The maximum Gasteiger partial charge on any atom is 0.143 e. The lowest BCUT2D eigenvalue weighted by Crippen LogP contribution is -2.27. The molecule has 0 aliphatic heterocycles. The summed E-state index contributed by atoms with van der Waals surface area (Å²) >= 11 is 1.63. The molecule has 0 aromatic carbocycles. The number of ketones is 1. The molecule has 19 heavy (non-hydrogen) atoms. The van der Waals surface area contributed by atoms with Crippen molar-refractivity contribution in [2.24, 2.45) is 11.3 Å². The van der Waals surface area contributed by atoms with E-state index in [2.05, 4.69) is 45.0 Å². The second-order valence-corrected chi connectivity index (χ2v) is 8.40. The van der Waals surface area contributed by atoms with Crippen molar-refractivity contribution in [2.45, 2.75) is 65.7 Å². The van der Waals surface area contributed by atoms with Crippen molar-refractivity contribution in [3.05, 3.63) is 16.1 Å². The standard InChI is InChI=1S/C16H25NOS/c1-15(2,3)13-10-19-14(17-13)9-12(18)11-7-6-8-16(11,4)5/h10-11H,6-9H2,1-5H3. The minimum Gasteiger partial charge on any atom is -0.299 e. The number of carbonyl (C=O) groups is 1. The average Bonchev–Trinajstić information content (AvgIpc) is 2.83. The molecular formula is C16H25NOS. The van der Waals surface area contributed by atoms with Gasteiger partial charge in [-0.1, -0.05) is 41.0 Å². The number of hydrogen-bond acceptors (Lipinski definition) is 3. The average molecular weight is 279 g/mol. The van der Waals surface area contributed by atoms with E-state index in [1.165, 1.54) is 12.8 Å². The first-order valence-electron chi connectivity index (χ1n) is 7.18. The van der Waals surface area contributed by atoms with Crippen LogP contribution in [0.15, 0.2) is 5.38 Å². The van der Waals surface area contributed by atoms with Crippen LogP contribution in [0.25, 0.3) is 0 Å². The number of carbonyl (C=O) groups excluding carboxylic acids is 1. The maximum absolute atomic E-state index is 12.5. The first-order valence-corrected chi connectivity index (χ1v) is 8.06. The molecule has 1 aromatic heterocycles. The zero-order valence-electron chi connectivity index (χ0n) is 12.7. The van der Waals surface area contributed by atoms with E-state index in [0.29, 0.717) is 12.2 Å². The summed E-state index contributed by atoms with van der Waals surface area (Å²) in [6.07, 6.45) is 3.95. The molecule has 1 aliphatic rings. The third kappa shape index (κ3) is 3.25. The van der Waals surface area contributed by atoms with Gasteiger partial charge >= 0.3 is 0 Å². The zero-order valence-corrected chi connectivity index (χ0v) is 13.6. The van der Waals surface area contributed by atoms with Crippen molar-refractivity contribution >= 4 is 17.1 Å². The monoisotopic (exact) mass is 279 g/mol. The molecule has 1 unspecified atom stereocenters. The molecule has 0 spiro atoms. The fraction of sp³-hybridized carbons (Fsp3) is 0.750. The van der Waals surface area contributed by atoms with Gasteiger partial charge in [0.1, 0.15) is 10.8 Å². The van der Waals surface area contributed by atoms with Gasteiger partial charge in [-0.3, -0.25) is 4.79 Å². The third-order valence-corrected chi connectivity index (χ3v) is 5.14. The lowest BCUT2D eigenvalue weighted by Gasteiger charge is -2.25. The van der Waals surface area contributed by atoms with E-state index in [0.717, 1.165) is 17.1 Å². The minimum atomic E-state index is 0.0738. The summed E-state index contributed by atoms with van der Waals surface area (Å²) in [4.78, 5) is 17.1. The minimum absolute atomic E-state index is 0.0738. The van der Waals surface area contributed by atoms with Crippen molar-refractivity contribution < 1.29 is 4.79 Å². The number of thiazole rings is 1. The summed E-state index contributed by atoms with van der Waals surface area (Å²) in [7, 11) is 0. The predicted molar refractivity (Wildman–Crippen MR) is 80.6 cm³/mol. The Balaban J connectivity index is 2.05. The lowest BCUT2D eigenvalue weighted by atomic mass is 9.79. The van der Waals surface area contributed by atoms with Crippen molar-refractivity contribution in [1.82, 2.24) is 4.98 Å². The van der Waals surface area contributed by atoms with Crippen molar-refractivity contribution in [3.8, 4) is 0 Å². The molecule has 1 aromatic rings. The van der Waals surface area contributed by atoms with E-state index >= 15 is 0 Å². The number of nitrogens with zero attached hydrogens (tertiary/aromatic N) is 1. The Morgan fingerprint density at radius 1 is 1.47 bits per heavy atom. The topological polar surface area (TPSA) is 30.0 Å². The molecule has 3 heteroatoms. The highest BCUT2D eigenvalue weighted by molar-refractivity contribution is 7.09. The Kier molecular flexibility index (Phi) is 3.87. The lowest BCUT2D eigenvalue weighted by molar-refractivity contribution is -0.124. The van der Waals surface area contributed by atoms with E-state index < -0.39 is 0 Å². The van der Waals surface area contributed by atoms with Crippen LogP contribution in [-0.4, -0.2) is 10.8 Å². The van der Waals surface area contributed by atoms with Crippen molar-refractivity contribution in [1.29, 1.82) is 0 Å². The van der Waals surface area contributed by atoms with Crippen LogP contribution in [0.3, 0.4) is 0 Å². The molecule has 0 N–H and O–H groups in total. The molecule has 106 valence electrons. The molecule has 1 atom stereocenters. The van der Waals surface area contributed by atoms with E-state index in [4.69, 9.17) is 0 Å². The van der Waals surface area contributed by atoms with Gasteiger partial charge in [-0.05, 0) is 18.3 Å². The summed E-state index contributed by atoms with van der Waals surface area (Å²) in [5, 5.41) is 3.08. The van der Waals surface area contributed by atoms with Crippen LogP contribution in [0.1, 0.15) is 64.6 Å². The zero-order chi connectivity index (χ0) is 14.3. The van der Waals surface area contributed by atoms with Gasteiger partial charge in [0, 0.05) is 16.7 Å². The third-order valence-electron chi connectivity index (χ3n) is 4.29. The van der Waals surface area contributed by atoms with Crippen LogP contribution in [0, 0.1) is 11.3 Å². The summed E-state index contributed by atoms with van der Waals surface area (Å²) in [6.45, 7) is 10.9. The van der Waals surface area contributed by atoms with E-state index in [1.807, 2.05) is 0 Å². The SMILES string of the molecule is CC(C)(C)c1csc(CC(=O)C2CCCC2(C)C)n1. The van der Waals surface area contributed by atoms with Gasteiger partial charge in [-0.25, -0.2) is 4.98 Å². The highest BCUT2D eigenvalue weighted by atomic mass is 32.1. The number of hydrogen-bond donors (Lipinski definition) is 0. The molecule has 1 aliphatic carbocycles. The summed E-state index contributed by atoms with van der Waals surface area (Å²) in [5.74, 6) is 0.617. The fourth-order valence-corrected chi connectivity index (χ4v) is 3.96. The highest BCUT2D eigenvalue weighted by Crippen LogP contribution is 2.43. The Hall–Kier alpha value is -0.700. The molecule has 1 fully saturated rings. The normalized spacial score (nSPS) is 22.7. The molecule has 1 saturated carbocycles. The molecule has 2 rings (SSSR count). The van der Waals surface area contributed by atoms with Crippen molar-refractivity contribution in [3.63, 3.8) is 0 Å². The number of aromatic nitrogens is 1. The molecular weight excluding hydrogens is 254 g/mol.